The number of methoxy groups -OCH3 is 1. The zero-order valence-corrected chi connectivity index (χ0v) is 17.2. The van der Waals surface area contributed by atoms with E-state index < -0.39 is 6.29 Å². The number of allylic oxidation sites excluding steroid dienone is 1. The summed E-state index contributed by atoms with van der Waals surface area (Å²) in [6.07, 6.45) is 6.27. The fourth-order valence-corrected chi connectivity index (χ4v) is 3.71. The number of ether oxygens (including phenoxy) is 3. The van der Waals surface area contributed by atoms with Gasteiger partial charge in [0.15, 0.2) is 6.29 Å². The predicted molar refractivity (Wildman–Crippen MR) is 113 cm³/mol. The molecule has 4 heteroatoms. The number of hydrogen-bond donors (Lipinski definition) is 0. The highest BCUT2D eigenvalue weighted by molar-refractivity contribution is 5.28. The molecule has 1 aliphatic heterocycles. The molecule has 0 bridgehead atoms. The summed E-state index contributed by atoms with van der Waals surface area (Å²) in [7, 11) is 1.63. The second-order valence-corrected chi connectivity index (χ2v) is 7.46. The molecule has 0 radical (unpaired) electrons. The van der Waals surface area contributed by atoms with Crippen molar-refractivity contribution < 1.29 is 18.6 Å². The van der Waals surface area contributed by atoms with Crippen LogP contribution in [0.5, 0.6) is 5.75 Å². The van der Waals surface area contributed by atoms with E-state index in [-0.39, 0.29) is 24.0 Å². The second kappa shape index (κ2) is 10.4. The first-order valence-corrected chi connectivity index (χ1v) is 10.0. The quantitative estimate of drug-likeness (QED) is 0.535. The molecule has 0 aliphatic carbocycles. The molecule has 1 unspecified atom stereocenters. The van der Waals surface area contributed by atoms with Crippen LogP contribution >= 0.6 is 0 Å². The van der Waals surface area contributed by atoms with Crippen molar-refractivity contribution in [1.82, 2.24) is 0 Å². The lowest BCUT2D eigenvalue weighted by molar-refractivity contribution is -0.266. The maximum absolute atomic E-state index is 13.0. The van der Waals surface area contributed by atoms with Crippen molar-refractivity contribution in [3.8, 4) is 5.75 Å². The van der Waals surface area contributed by atoms with E-state index in [1.807, 2.05) is 49.4 Å². The maximum atomic E-state index is 13.0. The molecule has 1 saturated heterocycles. The molecule has 3 nitrogen and oxygen atoms in total. The second-order valence-electron chi connectivity index (χ2n) is 7.46. The molecule has 0 amide bonds. The Morgan fingerprint density at radius 2 is 1.79 bits per heavy atom. The Morgan fingerprint density at radius 1 is 1.07 bits per heavy atom. The maximum Gasteiger partial charge on any atom is 0.184 e. The van der Waals surface area contributed by atoms with Crippen molar-refractivity contribution in [3.05, 3.63) is 90.3 Å². The van der Waals surface area contributed by atoms with Gasteiger partial charge in [0.25, 0.3) is 0 Å². The Kier molecular flexibility index (Phi) is 7.62. The lowest BCUT2D eigenvalue weighted by Gasteiger charge is -2.41. The van der Waals surface area contributed by atoms with E-state index >= 15 is 0 Å². The van der Waals surface area contributed by atoms with Gasteiger partial charge in [-0.25, -0.2) is 4.39 Å². The molecule has 0 N–H and O–H groups in total. The van der Waals surface area contributed by atoms with Gasteiger partial charge in [-0.2, -0.15) is 0 Å². The van der Waals surface area contributed by atoms with Gasteiger partial charge in [-0.15, -0.1) is 0 Å². The van der Waals surface area contributed by atoms with E-state index in [0.717, 1.165) is 17.7 Å². The first-order valence-electron chi connectivity index (χ1n) is 10.0. The molecule has 1 heterocycles. The molecule has 3 rings (SSSR count). The van der Waals surface area contributed by atoms with Crippen LogP contribution in [0.15, 0.2) is 79.2 Å². The molecule has 1 fully saturated rings. The molecule has 29 heavy (non-hydrogen) atoms. The topological polar surface area (TPSA) is 27.7 Å². The van der Waals surface area contributed by atoms with Crippen molar-refractivity contribution in [1.29, 1.82) is 0 Å². The number of rotatable bonds is 7. The van der Waals surface area contributed by atoms with Crippen LogP contribution in [0, 0.1) is 11.8 Å². The molecule has 0 spiro atoms. The Morgan fingerprint density at radius 3 is 2.45 bits per heavy atom. The van der Waals surface area contributed by atoms with Crippen LogP contribution in [0.3, 0.4) is 0 Å². The van der Waals surface area contributed by atoms with E-state index in [0.29, 0.717) is 6.33 Å². The van der Waals surface area contributed by atoms with Gasteiger partial charge in [-0.05, 0) is 30.2 Å². The number of benzene rings is 2. The number of halogens is 1. The lowest BCUT2D eigenvalue weighted by atomic mass is 9.87. The van der Waals surface area contributed by atoms with Crippen molar-refractivity contribution in [2.75, 3.05) is 7.11 Å². The molecule has 0 saturated carbocycles. The summed E-state index contributed by atoms with van der Waals surface area (Å²) in [6, 6.07) is 17.9. The Bertz CT molecular complexity index is 801. The largest absolute Gasteiger partial charge is 0.497 e. The summed E-state index contributed by atoms with van der Waals surface area (Å²) < 4.78 is 30.6. The van der Waals surface area contributed by atoms with Gasteiger partial charge in [0.2, 0.25) is 0 Å². The zero-order valence-electron chi connectivity index (χ0n) is 17.2. The standard InChI is InChI=1S/C25H29FO3/c1-18(8-7-11-20-9-5-4-6-10-20)24-19(2)23(16-17-26)28-25(29-24)21-12-14-22(27-3)15-13-21/h4-10,12-19,23-25H,11H2,1-3H3/t18-,19+,23-,24-,25?/m0/s1. The Hall–Kier alpha value is -2.43. The SMILES string of the molecule is COc1ccc(C2O[C@@H]([C@@H](C)C=CCc3ccccc3)[C@H](C)[C@H](C=CF)O2)cc1. The third kappa shape index (κ3) is 5.55. The van der Waals surface area contributed by atoms with Crippen LogP contribution in [0.25, 0.3) is 0 Å². The molecule has 154 valence electrons. The first-order chi connectivity index (χ1) is 14.1. The highest BCUT2D eigenvalue weighted by Crippen LogP contribution is 2.37. The normalized spacial score (nSPS) is 26.1. The van der Waals surface area contributed by atoms with Crippen LogP contribution in [0.4, 0.5) is 4.39 Å². The molecule has 1 aliphatic rings. The average molecular weight is 397 g/mol. The Balaban J connectivity index is 1.73. The van der Waals surface area contributed by atoms with E-state index in [1.165, 1.54) is 11.6 Å². The minimum Gasteiger partial charge on any atom is -0.497 e. The summed E-state index contributed by atoms with van der Waals surface area (Å²) >= 11 is 0. The summed E-state index contributed by atoms with van der Waals surface area (Å²) in [4.78, 5) is 0. The van der Waals surface area contributed by atoms with Gasteiger partial charge in [0.05, 0.1) is 25.6 Å². The van der Waals surface area contributed by atoms with Gasteiger partial charge >= 0.3 is 0 Å². The summed E-state index contributed by atoms with van der Waals surface area (Å²) in [5, 5.41) is 0. The van der Waals surface area contributed by atoms with Crippen LogP contribution in [-0.2, 0) is 15.9 Å². The fourth-order valence-electron chi connectivity index (χ4n) is 3.71. The zero-order chi connectivity index (χ0) is 20.6. The Labute approximate surface area is 172 Å². The van der Waals surface area contributed by atoms with E-state index in [1.54, 1.807) is 7.11 Å². The van der Waals surface area contributed by atoms with E-state index in [9.17, 15) is 4.39 Å². The molecular formula is C25H29FO3. The monoisotopic (exact) mass is 396 g/mol. The highest BCUT2D eigenvalue weighted by Gasteiger charge is 2.38. The van der Waals surface area contributed by atoms with Crippen LogP contribution in [0.2, 0.25) is 0 Å². The van der Waals surface area contributed by atoms with Crippen molar-refractivity contribution in [3.63, 3.8) is 0 Å². The third-order valence-electron chi connectivity index (χ3n) is 5.40. The van der Waals surface area contributed by atoms with E-state index in [4.69, 9.17) is 14.2 Å². The minimum absolute atomic E-state index is 0.0212. The molecule has 2 aromatic carbocycles. The third-order valence-corrected chi connectivity index (χ3v) is 5.40. The van der Waals surface area contributed by atoms with Gasteiger partial charge < -0.3 is 14.2 Å². The van der Waals surface area contributed by atoms with Crippen LogP contribution in [0.1, 0.15) is 31.3 Å². The molecule has 5 atom stereocenters. The molecule has 0 aromatic heterocycles. The van der Waals surface area contributed by atoms with Crippen molar-refractivity contribution in [2.45, 2.75) is 38.8 Å². The number of hydrogen-bond acceptors (Lipinski definition) is 3. The summed E-state index contributed by atoms with van der Waals surface area (Å²) in [5.41, 5.74) is 2.16. The van der Waals surface area contributed by atoms with Gasteiger partial charge in [-0.1, -0.05) is 68.5 Å². The average Bonchev–Trinajstić information content (AvgIpc) is 2.76. The van der Waals surface area contributed by atoms with Gasteiger partial charge in [0.1, 0.15) is 5.75 Å². The smallest absolute Gasteiger partial charge is 0.184 e. The van der Waals surface area contributed by atoms with Gasteiger partial charge in [-0.3, -0.25) is 0 Å². The summed E-state index contributed by atoms with van der Waals surface area (Å²) in [5.74, 6) is 0.952. The van der Waals surface area contributed by atoms with Gasteiger partial charge in [0, 0.05) is 17.4 Å². The first kappa shape index (κ1) is 21.3. The lowest BCUT2D eigenvalue weighted by Crippen LogP contribution is -2.43. The minimum atomic E-state index is -0.548. The van der Waals surface area contributed by atoms with Crippen molar-refractivity contribution >= 4 is 0 Å². The fraction of sp³-hybridized carbons (Fsp3) is 0.360. The summed E-state index contributed by atoms with van der Waals surface area (Å²) in [6.45, 7) is 4.18. The van der Waals surface area contributed by atoms with Crippen LogP contribution in [-0.4, -0.2) is 19.3 Å². The molecule has 2 aromatic rings. The predicted octanol–water partition coefficient (Wildman–Crippen LogP) is 6.03. The molecular weight excluding hydrogens is 367 g/mol. The van der Waals surface area contributed by atoms with E-state index in [2.05, 4.69) is 31.2 Å². The van der Waals surface area contributed by atoms with Crippen molar-refractivity contribution in [2.24, 2.45) is 11.8 Å². The highest BCUT2D eigenvalue weighted by atomic mass is 19.1. The van der Waals surface area contributed by atoms with Crippen LogP contribution < -0.4 is 4.74 Å².